The minimum absolute atomic E-state index is 0.721. The topological polar surface area (TPSA) is 66.5 Å². The van der Waals surface area contributed by atoms with Gasteiger partial charge in [-0.25, -0.2) is 0 Å². The molecule has 0 fully saturated rings. The maximum atomic E-state index is 4.42. The number of rotatable bonds is 4. The molecule has 0 saturated carbocycles. The summed E-state index contributed by atoms with van der Waals surface area (Å²) in [4.78, 5) is 8.48. The van der Waals surface area contributed by atoms with Crippen molar-refractivity contribution in [3.05, 3.63) is 79.0 Å². The zero-order valence-corrected chi connectivity index (χ0v) is 13.8. The summed E-state index contributed by atoms with van der Waals surface area (Å²) >= 11 is 0. The van der Waals surface area contributed by atoms with Crippen LogP contribution in [0.25, 0.3) is 27.7 Å². The van der Waals surface area contributed by atoms with Gasteiger partial charge in [0.2, 0.25) is 0 Å². The first-order chi connectivity index (χ1) is 12.2. The molecule has 0 bridgehead atoms. The molecule has 0 aliphatic carbocycles. The van der Waals surface area contributed by atoms with Crippen LogP contribution in [0, 0.1) is 6.92 Å². The molecule has 0 radical (unpaired) electrons. The average molecular weight is 327 g/mol. The Morgan fingerprint density at radius 3 is 2.72 bits per heavy atom. The molecule has 0 aliphatic heterocycles. The third kappa shape index (κ3) is 2.99. The van der Waals surface area contributed by atoms with E-state index in [1.165, 1.54) is 0 Å². The van der Waals surface area contributed by atoms with E-state index >= 15 is 0 Å². The van der Waals surface area contributed by atoms with Gasteiger partial charge < -0.3 is 5.32 Å². The van der Waals surface area contributed by atoms with Crippen LogP contribution < -0.4 is 5.32 Å². The van der Waals surface area contributed by atoms with Crippen LogP contribution in [-0.4, -0.2) is 20.2 Å². The molecule has 3 heterocycles. The van der Waals surface area contributed by atoms with E-state index in [1.807, 2.05) is 37.4 Å². The molecule has 0 amide bonds. The molecule has 0 saturated heterocycles. The predicted molar refractivity (Wildman–Crippen MR) is 101 cm³/mol. The van der Waals surface area contributed by atoms with Gasteiger partial charge >= 0.3 is 0 Å². The van der Waals surface area contributed by atoms with Gasteiger partial charge in [-0.05, 0) is 42.8 Å². The Morgan fingerprint density at radius 2 is 1.96 bits per heavy atom. The van der Waals surface area contributed by atoms with E-state index in [9.17, 15) is 0 Å². The largest absolute Gasteiger partial charge is 0.353 e. The minimum atomic E-state index is 0.721. The second-order valence-electron chi connectivity index (χ2n) is 5.87. The molecule has 1 aromatic carbocycles. The standard InChI is InChI=1S/C20H17N5/c1-13-5-6-16(11-22-13)15-7-8-19-18(10-15)20(25-24-19)14(2)23-17-4-3-9-21-12-17/h3-12,23H,2H2,1H3,(H,24,25). The number of H-pyrrole nitrogens is 1. The Bertz CT molecular complexity index is 1030. The first-order valence-electron chi connectivity index (χ1n) is 7.98. The molecule has 0 aliphatic rings. The lowest BCUT2D eigenvalue weighted by molar-refractivity contribution is 1.10. The monoisotopic (exact) mass is 327 g/mol. The van der Waals surface area contributed by atoms with E-state index < -0.39 is 0 Å². The van der Waals surface area contributed by atoms with Gasteiger partial charge in [0, 0.05) is 29.0 Å². The number of aromatic nitrogens is 4. The number of benzene rings is 1. The van der Waals surface area contributed by atoms with Crippen molar-refractivity contribution in [2.24, 2.45) is 0 Å². The molecule has 25 heavy (non-hydrogen) atoms. The van der Waals surface area contributed by atoms with Crippen LogP contribution in [-0.2, 0) is 0 Å². The van der Waals surface area contributed by atoms with Crippen molar-refractivity contribution in [2.75, 3.05) is 5.32 Å². The highest BCUT2D eigenvalue weighted by Gasteiger charge is 2.11. The number of hydrogen-bond donors (Lipinski definition) is 2. The lowest BCUT2D eigenvalue weighted by atomic mass is 10.0. The second kappa shape index (κ2) is 6.20. The first kappa shape index (κ1) is 15.1. The fraction of sp³-hybridized carbons (Fsp3) is 0.0500. The van der Waals surface area contributed by atoms with E-state index in [0.717, 1.165) is 44.8 Å². The molecule has 4 aromatic rings. The highest BCUT2D eigenvalue weighted by molar-refractivity contribution is 5.94. The number of hydrogen-bond acceptors (Lipinski definition) is 4. The number of aryl methyl sites for hydroxylation is 1. The van der Waals surface area contributed by atoms with Crippen LogP contribution in [0.3, 0.4) is 0 Å². The van der Waals surface area contributed by atoms with Crippen LogP contribution in [0.1, 0.15) is 11.4 Å². The summed E-state index contributed by atoms with van der Waals surface area (Å²) in [7, 11) is 0. The van der Waals surface area contributed by atoms with Gasteiger partial charge in [0.1, 0.15) is 5.69 Å². The van der Waals surface area contributed by atoms with Gasteiger partial charge in [0.05, 0.1) is 23.1 Å². The summed E-state index contributed by atoms with van der Waals surface area (Å²) in [5.74, 6) is 0. The van der Waals surface area contributed by atoms with Gasteiger partial charge in [-0.3, -0.25) is 15.1 Å². The zero-order chi connectivity index (χ0) is 17.2. The molecule has 5 nitrogen and oxygen atoms in total. The van der Waals surface area contributed by atoms with E-state index in [4.69, 9.17) is 0 Å². The van der Waals surface area contributed by atoms with Crippen molar-refractivity contribution in [1.82, 2.24) is 20.2 Å². The lowest BCUT2D eigenvalue weighted by Gasteiger charge is -2.08. The highest BCUT2D eigenvalue weighted by Crippen LogP contribution is 2.28. The van der Waals surface area contributed by atoms with Crippen LogP contribution in [0.15, 0.2) is 67.6 Å². The van der Waals surface area contributed by atoms with Gasteiger partial charge in [0.15, 0.2) is 0 Å². The molecule has 5 heteroatoms. The Labute approximate surface area is 145 Å². The number of pyridine rings is 2. The smallest absolute Gasteiger partial charge is 0.116 e. The van der Waals surface area contributed by atoms with Gasteiger partial charge in [-0.1, -0.05) is 18.7 Å². The molecule has 0 atom stereocenters. The van der Waals surface area contributed by atoms with E-state index in [-0.39, 0.29) is 0 Å². The lowest BCUT2D eigenvalue weighted by Crippen LogP contribution is -1.98. The number of anilines is 1. The number of aromatic amines is 1. The highest BCUT2D eigenvalue weighted by atomic mass is 15.1. The van der Waals surface area contributed by atoms with E-state index in [1.54, 1.807) is 12.4 Å². The maximum Gasteiger partial charge on any atom is 0.116 e. The summed E-state index contributed by atoms with van der Waals surface area (Å²) in [6, 6.07) is 14.1. The van der Waals surface area contributed by atoms with Crippen molar-refractivity contribution < 1.29 is 0 Å². The third-order valence-electron chi connectivity index (χ3n) is 4.05. The summed E-state index contributed by atoms with van der Waals surface area (Å²) in [6.07, 6.45) is 5.38. The SMILES string of the molecule is C=C(Nc1cccnc1)c1n[nH]c2ccc(-c3ccc(C)nc3)cc12. The van der Waals surface area contributed by atoms with Crippen LogP contribution in [0.2, 0.25) is 0 Å². The molecular weight excluding hydrogens is 310 g/mol. The zero-order valence-electron chi connectivity index (χ0n) is 13.8. The normalized spacial score (nSPS) is 10.8. The van der Waals surface area contributed by atoms with Crippen molar-refractivity contribution in [1.29, 1.82) is 0 Å². The molecule has 0 unspecified atom stereocenters. The second-order valence-corrected chi connectivity index (χ2v) is 5.87. The van der Waals surface area contributed by atoms with Crippen molar-refractivity contribution in [3.63, 3.8) is 0 Å². The van der Waals surface area contributed by atoms with Crippen molar-refractivity contribution in [3.8, 4) is 11.1 Å². The van der Waals surface area contributed by atoms with Crippen molar-refractivity contribution in [2.45, 2.75) is 6.92 Å². The summed E-state index contributed by atoms with van der Waals surface area (Å²) in [5.41, 5.74) is 6.53. The van der Waals surface area contributed by atoms with Gasteiger partial charge in [-0.15, -0.1) is 0 Å². The van der Waals surface area contributed by atoms with Crippen LogP contribution in [0.4, 0.5) is 5.69 Å². The summed E-state index contributed by atoms with van der Waals surface area (Å²) < 4.78 is 0. The van der Waals surface area contributed by atoms with E-state index in [0.29, 0.717) is 0 Å². The summed E-state index contributed by atoms with van der Waals surface area (Å²) in [6.45, 7) is 6.10. The van der Waals surface area contributed by atoms with Crippen LogP contribution >= 0.6 is 0 Å². The molecule has 2 N–H and O–H groups in total. The third-order valence-corrected chi connectivity index (χ3v) is 4.05. The Morgan fingerprint density at radius 1 is 1.08 bits per heavy atom. The van der Waals surface area contributed by atoms with Crippen molar-refractivity contribution >= 4 is 22.3 Å². The number of nitrogens with zero attached hydrogens (tertiary/aromatic N) is 3. The quantitative estimate of drug-likeness (QED) is 0.582. The molecule has 0 spiro atoms. The molecule has 122 valence electrons. The minimum Gasteiger partial charge on any atom is -0.353 e. The molecule has 4 rings (SSSR count). The average Bonchev–Trinajstić information content (AvgIpc) is 3.06. The fourth-order valence-corrected chi connectivity index (χ4v) is 2.73. The fourth-order valence-electron chi connectivity index (χ4n) is 2.73. The number of nitrogens with one attached hydrogen (secondary N) is 2. The Balaban J connectivity index is 1.71. The first-order valence-corrected chi connectivity index (χ1v) is 7.98. The molecular formula is C20H17N5. The number of fused-ring (bicyclic) bond motifs is 1. The van der Waals surface area contributed by atoms with E-state index in [2.05, 4.69) is 50.3 Å². The van der Waals surface area contributed by atoms with Crippen LogP contribution in [0.5, 0.6) is 0 Å². The molecule has 3 aromatic heterocycles. The van der Waals surface area contributed by atoms with Gasteiger partial charge in [-0.2, -0.15) is 5.10 Å². The Kier molecular flexibility index (Phi) is 3.74. The Hall–Kier alpha value is -3.47. The van der Waals surface area contributed by atoms with Gasteiger partial charge in [0.25, 0.3) is 0 Å². The predicted octanol–water partition coefficient (Wildman–Crippen LogP) is 4.41. The maximum absolute atomic E-state index is 4.42. The summed E-state index contributed by atoms with van der Waals surface area (Å²) in [5, 5.41) is 11.7.